The lowest BCUT2D eigenvalue weighted by atomic mass is 10.2. The van der Waals surface area contributed by atoms with Crippen molar-refractivity contribution < 1.29 is 5.11 Å². The zero-order valence-electron chi connectivity index (χ0n) is 9.88. The van der Waals surface area contributed by atoms with Gasteiger partial charge >= 0.3 is 0 Å². The molecule has 0 amide bonds. The van der Waals surface area contributed by atoms with Crippen molar-refractivity contribution in [2.75, 3.05) is 19.7 Å². The highest BCUT2D eigenvalue weighted by atomic mass is 16.3. The minimum Gasteiger partial charge on any atom is -0.395 e. The Labute approximate surface area is 91.3 Å². The van der Waals surface area contributed by atoms with E-state index in [2.05, 4.69) is 22.0 Å². The van der Waals surface area contributed by atoms with Gasteiger partial charge in [0.1, 0.15) is 0 Å². The molecule has 0 atom stereocenters. The summed E-state index contributed by atoms with van der Waals surface area (Å²) in [7, 11) is 0. The molecule has 86 valence electrons. The van der Waals surface area contributed by atoms with Gasteiger partial charge in [-0.25, -0.2) is 0 Å². The Kier molecular flexibility index (Phi) is 4.78. The second kappa shape index (κ2) is 5.88. The minimum atomic E-state index is 0.218. The number of nitrogens with one attached hydrogen (secondary N) is 1. The number of rotatable bonds is 6. The molecular weight excluding hydrogens is 190 g/mol. The molecule has 0 bridgehead atoms. The van der Waals surface area contributed by atoms with E-state index in [-0.39, 0.29) is 6.61 Å². The Morgan fingerprint density at radius 3 is 2.53 bits per heavy atom. The van der Waals surface area contributed by atoms with Crippen LogP contribution in [0.4, 0.5) is 0 Å². The number of nitrogens with zero attached hydrogens (tertiary/aromatic N) is 2. The van der Waals surface area contributed by atoms with Gasteiger partial charge in [0.15, 0.2) is 0 Å². The number of H-pyrrole nitrogens is 1. The van der Waals surface area contributed by atoms with Gasteiger partial charge in [-0.2, -0.15) is 5.10 Å². The SMILES string of the molecule is CCCN(CCO)Cc1c(C)n[nH]c1C. The summed E-state index contributed by atoms with van der Waals surface area (Å²) < 4.78 is 0. The lowest BCUT2D eigenvalue weighted by Crippen LogP contribution is -2.27. The Bertz CT molecular complexity index is 271. The monoisotopic (exact) mass is 211 g/mol. The van der Waals surface area contributed by atoms with Crippen LogP contribution < -0.4 is 0 Å². The fraction of sp³-hybridized carbons (Fsp3) is 0.727. The van der Waals surface area contributed by atoms with E-state index in [0.29, 0.717) is 0 Å². The fourth-order valence-electron chi connectivity index (χ4n) is 1.76. The molecule has 1 rings (SSSR count). The van der Waals surface area contributed by atoms with Gasteiger partial charge in [0, 0.05) is 24.3 Å². The lowest BCUT2D eigenvalue weighted by molar-refractivity contribution is 0.190. The van der Waals surface area contributed by atoms with E-state index in [1.54, 1.807) is 0 Å². The van der Waals surface area contributed by atoms with Crippen molar-refractivity contribution >= 4 is 0 Å². The predicted molar refractivity (Wildman–Crippen MR) is 60.7 cm³/mol. The van der Waals surface area contributed by atoms with Crippen LogP contribution in [-0.4, -0.2) is 39.9 Å². The highest BCUT2D eigenvalue weighted by Crippen LogP contribution is 2.12. The second-order valence-electron chi connectivity index (χ2n) is 3.91. The van der Waals surface area contributed by atoms with Crippen LogP contribution >= 0.6 is 0 Å². The summed E-state index contributed by atoms with van der Waals surface area (Å²) in [6, 6.07) is 0. The number of hydrogen-bond donors (Lipinski definition) is 2. The third-order valence-electron chi connectivity index (χ3n) is 2.62. The van der Waals surface area contributed by atoms with Crippen molar-refractivity contribution in [2.24, 2.45) is 0 Å². The highest BCUT2D eigenvalue weighted by Gasteiger charge is 2.10. The van der Waals surface area contributed by atoms with E-state index in [9.17, 15) is 0 Å². The molecule has 15 heavy (non-hydrogen) atoms. The van der Waals surface area contributed by atoms with Gasteiger partial charge in [-0.3, -0.25) is 10.00 Å². The van der Waals surface area contributed by atoms with Gasteiger partial charge in [-0.05, 0) is 26.8 Å². The van der Waals surface area contributed by atoms with Crippen molar-refractivity contribution in [1.82, 2.24) is 15.1 Å². The minimum absolute atomic E-state index is 0.218. The quantitative estimate of drug-likeness (QED) is 0.744. The zero-order valence-corrected chi connectivity index (χ0v) is 9.88. The van der Waals surface area contributed by atoms with E-state index in [1.165, 1.54) is 5.56 Å². The van der Waals surface area contributed by atoms with E-state index >= 15 is 0 Å². The maximum Gasteiger partial charge on any atom is 0.0639 e. The summed E-state index contributed by atoms with van der Waals surface area (Å²) >= 11 is 0. The third kappa shape index (κ3) is 3.32. The van der Waals surface area contributed by atoms with Crippen molar-refractivity contribution in [2.45, 2.75) is 33.7 Å². The smallest absolute Gasteiger partial charge is 0.0639 e. The first-order chi connectivity index (χ1) is 7.19. The second-order valence-corrected chi connectivity index (χ2v) is 3.91. The molecule has 0 aliphatic rings. The van der Waals surface area contributed by atoms with Gasteiger partial charge in [0.2, 0.25) is 0 Å². The molecule has 1 aromatic rings. The maximum atomic E-state index is 8.97. The first-order valence-corrected chi connectivity index (χ1v) is 5.52. The van der Waals surface area contributed by atoms with E-state index in [1.807, 2.05) is 13.8 Å². The van der Waals surface area contributed by atoms with Gasteiger partial charge in [-0.1, -0.05) is 6.92 Å². The average Bonchev–Trinajstić information content (AvgIpc) is 2.50. The number of aryl methyl sites for hydroxylation is 2. The number of hydrogen-bond acceptors (Lipinski definition) is 3. The Balaban J connectivity index is 2.64. The highest BCUT2D eigenvalue weighted by molar-refractivity contribution is 5.22. The molecule has 0 aliphatic carbocycles. The first-order valence-electron chi connectivity index (χ1n) is 5.52. The molecule has 0 saturated carbocycles. The largest absolute Gasteiger partial charge is 0.395 e. The van der Waals surface area contributed by atoms with Crippen LogP contribution in [0.5, 0.6) is 0 Å². The molecule has 0 aliphatic heterocycles. The summed E-state index contributed by atoms with van der Waals surface area (Å²) in [5.41, 5.74) is 3.45. The number of aromatic nitrogens is 2. The summed E-state index contributed by atoms with van der Waals surface area (Å²) in [6.45, 7) is 9.06. The first kappa shape index (κ1) is 12.2. The Morgan fingerprint density at radius 2 is 2.07 bits per heavy atom. The summed E-state index contributed by atoms with van der Waals surface area (Å²) in [5.74, 6) is 0. The third-order valence-corrected chi connectivity index (χ3v) is 2.62. The average molecular weight is 211 g/mol. The lowest BCUT2D eigenvalue weighted by Gasteiger charge is -2.20. The van der Waals surface area contributed by atoms with E-state index < -0.39 is 0 Å². The van der Waals surface area contributed by atoms with Crippen LogP contribution in [0.2, 0.25) is 0 Å². The predicted octanol–water partition coefficient (Wildman–Crippen LogP) is 1.23. The summed E-state index contributed by atoms with van der Waals surface area (Å²) in [5, 5.41) is 16.1. The fourth-order valence-corrected chi connectivity index (χ4v) is 1.76. The standard InChI is InChI=1S/C11H21N3O/c1-4-5-14(6-7-15)8-11-9(2)12-13-10(11)3/h15H,4-8H2,1-3H3,(H,12,13). The topological polar surface area (TPSA) is 52.1 Å². The number of aliphatic hydroxyl groups is 1. The number of aliphatic hydroxyl groups excluding tert-OH is 1. The van der Waals surface area contributed by atoms with Crippen molar-refractivity contribution in [1.29, 1.82) is 0 Å². The molecule has 0 unspecified atom stereocenters. The molecule has 2 N–H and O–H groups in total. The molecule has 0 aromatic carbocycles. The van der Waals surface area contributed by atoms with Crippen molar-refractivity contribution in [3.8, 4) is 0 Å². The van der Waals surface area contributed by atoms with Crippen LogP contribution in [-0.2, 0) is 6.54 Å². The molecular formula is C11H21N3O. The molecule has 4 nitrogen and oxygen atoms in total. The van der Waals surface area contributed by atoms with E-state index in [0.717, 1.165) is 37.4 Å². The van der Waals surface area contributed by atoms with Gasteiger partial charge < -0.3 is 5.11 Å². The normalized spacial score (nSPS) is 11.3. The summed E-state index contributed by atoms with van der Waals surface area (Å²) in [4.78, 5) is 2.25. The molecule has 1 heterocycles. The van der Waals surface area contributed by atoms with Crippen LogP contribution in [0.25, 0.3) is 0 Å². The molecule has 0 fully saturated rings. The van der Waals surface area contributed by atoms with E-state index in [4.69, 9.17) is 5.11 Å². The Morgan fingerprint density at radius 1 is 1.33 bits per heavy atom. The number of aromatic amines is 1. The Hall–Kier alpha value is -0.870. The molecule has 0 saturated heterocycles. The molecule has 0 radical (unpaired) electrons. The molecule has 4 heteroatoms. The van der Waals surface area contributed by atoms with Crippen molar-refractivity contribution in [3.05, 3.63) is 17.0 Å². The molecule has 0 spiro atoms. The maximum absolute atomic E-state index is 8.97. The van der Waals surface area contributed by atoms with Gasteiger partial charge in [0.25, 0.3) is 0 Å². The van der Waals surface area contributed by atoms with Crippen LogP contribution in [0.1, 0.15) is 30.3 Å². The van der Waals surface area contributed by atoms with Crippen LogP contribution in [0.15, 0.2) is 0 Å². The molecule has 1 aromatic heterocycles. The van der Waals surface area contributed by atoms with Gasteiger partial charge in [0.05, 0.1) is 12.3 Å². The van der Waals surface area contributed by atoms with Crippen LogP contribution in [0.3, 0.4) is 0 Å². The zero-order chi connectivity index (χ0) is 11.3. The van der Waals surface area contributed by atoms with Crippen LogP contribution in [0, 0.1) is 13.8 Å². The van der Waals surface area contributed by atoms with Gasteiger partial charge in [-0.15, -0.1) is 0 Å². The van der Waals surface area contributed by atoms with Crippen molar-refractivity contribution in [3.63, 3.8) is 0 Å². The summed E-state index contributed by atoms with van der Waals surface area (Å²) in [6.07, 6.45) is 1.11.